The Morgan fingerprint density at radius 2 is 1.70 bits per heavy atom. The number of rotatable bonds is 9. The van der Waals surface area contributed by atoms with Crippen molar-refractivity contribution in [2.45, 2.75) is 26.7 Å². The van der Waals surface area contributed by atoms with Gasteiger partial charge in [-0.3, -0.25) is 0 Å². The van der Waals surface area contributed by atoms with E-state index in [2.05, 4.69) is 26.3 Å². The van der Waals surface area contributed by atoms with Crippen LogP contribution >= 0.6 is 0 Å². The predicted octanol–water partition coefficient (Wildman–Crippen LogP) is 5.46. The summed E-state index contributed by atoms with van der Waals surface area (Å²) in [6.07, 6.45) is 4.77. The number of hydrogen-bond acceptors (Lipinski definition) is 1. The molecule has 0 aromatic carbocycles. The van der Waals surface area contributed by atoms with E-state index in [1.54, 1.807) is 14.0 Å². The predicted molar refractivity (Wildman–Crippen MR) is 86.3 cm³/mol. The van der Waals surface area contributed by atoms with Crippen molar-refractivity contribution in [3.8, 4) is 0 Å². The second-order valence-electron chi connectivity index (χ2n) is 4.72. The second-order valence-corrected chi connectivity index (χ2v) is 4.72. The van der Waals surface area contributed by atoms with Gasteiger partial charge in [0.2, 0.25) is 0 Å². The van der Waals surface area contributed by atoms with E-state index >= 15 is 0 Å². The summed E-state index contributed by atoms with van der Waals surface area (Å²) >= 11 is 0. The smallest absolute Gasteiger partial charge is 0.130 e. The van der Waals surface area contributed by atoms with Crippen molar-refractivity contribution in [3.63, 3.8) is 0 Å². The Morgan fingerprint density at radius 3 is 2.15 bits per heavy atom. The first-order valence-corrected chi connectivity index (χ1v) is 6.62. The lowest BCUT2D eigenvalue weighted by atomic mass is 9.94. The molecule has 0 aliphatic rings. The number of allylic oxidation sites excluding steroid dienone is 7. The van der Waals surface area contributed by atoms with Crippen LogP contribution in [0, 0.1) is 0 Å². The molecule has 0 N–H and O–H groups in total. The summed E-state index contributed by atoms with van der Waals surface area (Å²) in [6, 6.07) is 0. The van der Waals surface area contributed by atoms with Crippen LogP contribution in [-0.4, -0.2) is 13.7 Å². The monoisotopic (exact) mass is 276 g/mol. The molecule has 0 amide bonds. The fraction of sp³-hybridized carbons (Fsp3) is 0.333. The van der Waals surface area contributed by atoms with Gasteiger partial charge >= 0.3 is 0 Å². The fourth-order valence-corrected chi connectivity index (χ4v) is 1.51. The van der Waals surface area contributed by atoms with Crippen LogP contribution in [0.25, 0.3) is 0 Å². The molecule has 0 saturated heterocycles. The standard InChI is InChI=1S/C18H25FO/c1-8-14(4)12-17(9-10-20-7)15(5)16(6)18(19)11-13(2)3/h11-12H,2,4-6,8-10H2,1,3,7H3/b17-12-,18-11+. The molecule has 110 valence electrons. The number of methoxy groups -OCH3 is 1. The van der Waals surface area contributed by atoms with Crippen molar-refractivity contribution in [3.05, 3.63) is 72.2 Å². The maximum absolute atomic E-state index is 14.0. The van der Waals surface area contributed by atoms with E-state index in [9.17, 15) is 4.39 Å². The minimum Gasteiger partial charge on any atom is -0.384 e. The van der Waals surface area contributed by atoms with E-state index in [1.807, 2.05) is 13.0 Å². The molecule has 0 unspecified atom stereocenters. The minimum absolute atomic E-state index is 0.277. The van der Waals surface area contributed by atoms with Crippen molar-refractivity contribution < 1.29 is 9.13 Å². The van der Waals surface area contributed by atoms with Crippen molar-refractivity contribution in [2.24, 2.45) is 0 Å². The molecule has 0 aromatic rings. The Balaban J connectivity index is 5.23. The zero-order valence-electron chi connectivity index (χ0n) is 12.9. The summed E-state index contributed by atoms with van der Waals surface area (Å²) in [5, 5.41) is 0. The van der Waals surface area contributed by atoms with Gasteiger partial charge in [0, 0.05) is 12.7 Å². The van der Waals surface area contributed by atoms with E-state index < -0.39 is 5.83 Å². The molecule has 0 heterocycles. The molecule has 0 bridgehead atoms. The molecule has 0 spiro atoms. The highest BCUT2D eigenvalue weighted by Crippen LogP contribution is 2.27. The molecule has 0 aliphatic heterocycles. The van der Waals surface area contributed by atoms with E-state index in [0.717, 1.165) is 17.6 Å². The first kappa shape index (κ1) is 18.3. The highest BCUT2D eigenvalue weighted by molar-refractivity contribution is 5.53. The third kappa shape index (κ3) is 6.48. The maximum atomic E-state index is 14.0. The summed E-state index contributed by atoms with van der Waals surface area (Å²) in [4.78, 5) is 0. The van der Waals surface area contributed by atoms with Gasteiger partial charge in [0.25, 0.3) is 0 Å². The maximum Gasteiger partial charge on any atom is 0.130 e. The largest absolute Gasteiger partial charge is 0.384 e. The lowest BCUT2D eigenvalue weighted by Crippen LogP contribution is -1.99. The summed E-state index contributed by atoms with van der Waals surface area (Å²) in [6.45, 7) is 19.6. The topological polar surface area (TPSA) is 9.23 Å². The lowest BCUT2D eigenvalue weighted by Gasteiger charge is -2.13. The Bertz CT molecular complexity index is 464. The molecule has 1 nitrogen and oxygen atoms in total. The molecule has 0 saturated carbocycles. The van der Waals surface area contributed by atoms with Crippen LogP contribution in [0.2, 0.25) is 0 Å². The highest BCUT2D eigenvalue weighted by atomic mass is 19.1. The molecule has 2 heteroatoms. The molecule has 0 radical (unpaired) electrons. The molecule has 0 atom stereocenters. The third-order valence-corrected chi connectivity index (χ3v) is 2.82. The Hall–Kier alpha value is -1.67. The number of hydrogen-bond donors (Lipinski definition) is 0. The van der Waals surface area contributed by atoms with Gasteiger partial charge in [0.1, 0.15) is 5.83 Å². The SMILES string of the molecule is C=C(C)/C=C(/F)C(=C)C(=C)/C(=C\C(=C)CC)CCOC. The van der Waals surface area contributed by atoms with Crippen LogP contribution in [-0.2, 0) is 4.74 Å². The van der Waals surface area contributed by atoms with Crippen LogP contribution in [0.15, 0.2) is 72.2 Å². The average Bonchev–Trinajstić information content (AvgIpc) is 2.40. The van der Waals surface area contributed by atoms with Crippen molar-refractivity contribution >= 4 is 0 Å². The first-order chi connectivity index (χ1) is 9.33. The molecule has 0 rings (SSSR count). The fourth-order valence-electron chi connectivity index (χ4n) is 1.51. The van der Waals surface area contributed by atoms with Crippen molar-refractivity contribution in [1.29, 1.82) is 0 Å². The average molecular weight is 276 g/mol. The van der Waals surface area contributed by atoms with Gasteiger partial charge in [-0.15, -0.1) is 0 Å². The first-order valence-electron chi connectivity index (χ1n) is 6.62. The van der Waals surface area contributed by atoms with Gasteiger partial charge in [-0.2, -0.15) is 0 Å². The molecule has 0 aromatic heterocycles. The van der Waals surface area contributed by atoms with E-state index in [4.69, 9.17) is 4.74 Å². The van der Waals surface area contributed by atoms with Crippen LogP contribution in [0.4, 0.5) is 4.39 Å². The van der Waals surface area contributed by atoms with Crippen LogP contribution in [0.1, 0.15) is 26.7 Å². The Kier molecular flexibility index (Phi) is 8.49. The number of ether oxygens (including phenoxy) is 1. The van der Waals surface area contributed by atoms with Crippen LogP contribution < -0.4 is 0 Å². The summed E-state index contributed by atoms with van der Waals surface area (Å²) in [5.41, 5.74) is 3.35. The Labute approximate surface area is 122 Å². The zero-order valence-corrected chi connectivity index (χ0v) is 12.9. The molecular formula is C18H25FO. The molecule has 20 heavy (non-hydrogen) atoms. The van der Waals surface area contributed by atoms with Crippen LogP contribution in [0.3, 0.4) is 0 Å². The van der Waals surface area contributed by atoms with E-state index in [0.29, 0.717) is 24.2 Å². The second kappa shape index (κ2) is 9.27. The third-order valence-electron chi connectivity index (χ3n) is 2.82. The minimum atomic E-state index is -0.409. The van der Waals surface area contributed by atoms with E-state index in [1.165, 1.54) is 6.08 Å². The van der Waals surface area contributed by atoms with Gasteiger partial charge in [-0.25, -0.2) is 4.39 Å². The molecule has 0 fully saturated rings. The van der Waals surface area contributed by atoms with E-state index in [-0.39, 0.29) is 5.57 Å². The highest BCUT2D eigenvalue weighted by Gasteiger charge is 2.11. The van der Waals surface area contributed by atoms with Crippen LogP contribution in [0.5, 0.6) is 0 Å². The summed E-state index contributed by atoms with van der Waals surface area (Å²) in [5.74, 6) is -0.409. The van der Waals surface area contributed by atoms with Gasteiger partial charge in [0.05, 0.1) is 6.61 Å². The van der Waals surface area contributed by atoms with Gasteiger partial charge in [-0.1, -0.05) is 50.5 Å². The number of halogens is 1. The Morgan fingerprint density at radius 1 is 1.10 bits per heavy atom. The van der Waals surface area contributed by atoms with Gasteiger partial charge in [0.15, 0.2) is 0 Å². The molecule has 0 aliphatic carbocycles. The van der Waals surface area contributed by atoms with Crippen molar-refractivity contribution in [1.82, 2.24) is 0 Å². The zero-order chi connectivity index (χ0) is 15.7. The van der Waals surface area contributed by atoms with Crippen molar-refractivity contribution in [2.75, 3.05) is 13.7 Å². The van der Waals surface area contributed by atoms with Gasteiger partial charge < -0.3 is 4.74 Å². The summed E-state index contributed by atoms with van der Waals surface area (Å²) in [7, 11) is 1.63. The normalized spacial score (nSPS) is 12.2. The quantitative estimate of drug-likeness (QED) is 0.508. The summed E-state index contributed by atoms with van der Waals surface area (Å²) < 4.78 is 19.0. The van der Waals surface area contributed by atoms with Gasteiger partial charge in [-0.05, 0) is 37.0 Å². The lowest BCUT2D eigenvalue weighted by molar-refractivity contribution is 0.202. The molecular weight excluding hydrogens is 251 g/mol.